The van der Waals surface area contributed by atoms with Crippen LogP contribution in [-0.2, 0) is 6.54 Å². The van der Waals surface area contributed by atoms with Gasteiger partial charge in [0.15, 0.2) is 0 Å². The van der Waals surface area contributed by atoms with Crippen LogP contribution in [0.3, 0.4) is 0 Å². The van der Waals surface area contributed by atoms with Crippen molar-refractivity contribution in [3.63, 3.8) is 0 Å². The van der Waals surface area contributed by atoms with E-state index in [-0.39, 0.29) is 5.91 Å². The normalized spacial score (nSPS) is 10.6. The molecule has 122 valence electrons. The van der Waals surface area contributed by atoms with Gasteiger partial charge in [-0.2, -0.15) is 5.10 Å². The Morgan fingerprint density at radius 3 is 2.79 bits per heavy atom. The van der Waals surface area contributed by atoms with Crippen LogP contribution in [0, 0.1) is 0 Å². The summed E-state index contributed by atoms with van der Waals surface area (Å²) < 4.78 is 2.60. The van der Waals surface area contributed by atoms with Crippen LogP contribution in [0.5, 0.6) is 0 Å². The van der Waals surface area contributed by atoms with Gasteiger partial charge in [-0.25, -0.2) is 0 Å². The van der Waals surface area contributed by atoms with Crippen molar-refractivity contribution in [1.29, 1.82) is 0 Å². The Hall–Kier alpha value is -2.18. The van der Waals surface area contributed by atoms with E-state index in [9.17, 15) is 4.79 Å². The van der Waals surface area contributed by atoms with E-state index in [1.165, 1.54) is 0 Å². The molecule has 0 spiro atoms. The SMILES string of the molecule is O=C(NCCn1ccc(-c2ccncc2)n1)c1cc(Br)ccc1Cl. The first kappa shape index (κ1) is 16.7. The summed E-state index contributed by atoms with van der Waals surface area (Å²) >= 11 is 9.39. The lowest BCUT2D eigenvalue weighted by Crippen LogP contribution is -2.27. The molecule has 5 nitrogen and oxygen atoms in total. The molecule has 0 saturated carbocycles. The Bertz CT molecular complexity index is 851. The summed E-state index contributed by atoms with van der Waals surface area (Å²) in [4.78, 5) is 16.2. The predicted octanol–water partition coefficient (Wildman–Crippen LogP) is 3.79. The number of carbonyl (C=O) groups is 1. The first-order valence-corrected chi connectivity index (χ1v) is 8.48. The van der Waals surface area contributed by atoms with Crippen LogP contribution in [0.25, 0.3) is 11.3 Å². The number of nitrogens with one attached hydrogen (secondary N) is 1. The van der Waals surface area contributed by atoms with Gasteiger partial charge >= 0.3 is 0 Å². The molecular formula is C17H14BrClN4O. The number of nitrogens with zero attached hydrogens (tertiary/aromatic N) is 3. The second-order valence-electron chi connectivity index (χ2n) is 5.08. The number of carbonyl (C=O) groups excluding carboxylic acids is 1. The van der Waals surface area contributed by atoms with Gasteiger partial charge in [0.05, 0.1) is 22.8 Å². The Morgan fingerprint density at radius 1 is 1.21 bits per heavy atom. The van der Waals surface area contributed by atoms with Gasteiger partial charge in [0.1, 0.15) is 0 Å². The van der Waals surface area contributed by atoms with Crippen LogP contribution in [0.15, 0.2) is 59.5 Å². The summed E-state index contributed by atoms with van der Waals surface area (Å²) in [6.07, 6.45) is 5.35. The highest BCUT2D eigenvalue weighted by molar-refractivity contribution is 9.10. The lowest BCUT2D eigenvalue weighted by atomic mass is 10.2. The molecule has 2 aromatic heterocycles. The largest absolute Gasteiger partial charge is 0.350 e. The molecule has 0 radical (unpaired) electrons. The molecule has 0 bridgehead atoms. The average Bonchev–Trinajstić information content (AvgIpc) is 3.06. The average molecular weight is 406 g/mol. The van der Waals surface area contributed by atoms with Crippen molar-refractivity contribution >= 4 is 33.4 Å². The van der Waals surface area contributed by atoms with Crippen LogP contribution in [0.4, 0.5) is 0 Å². The molecule has 3 aromatic rings. The second-order valence-corrected chi connectivity index (χ2v) is 6.40. The molecule has 0 unspecified atom stereocenters. The van der Waals surface area contributed by atoms with E-state index in [0.717, 1.165) is 15.7 Å². The third-order valence-electron chi connectivity index (χ3n) is 3.42. The smallest absolute Gasteiger partial charge is 0.252 e. The highest BCUT2D eigenvalue weighted by Crippen LogP contribution is 2.20. The fourth-order valence-electron chi connectivity index (χ4n) is 2.21. The molecule has 0 aliphatic rings. The van der Waals surface area contributed by atoms with Gasteiger partial charge in [-0.15, -0.1) is 0 Å². The van der Waals surface area contributed by atoms with Crippen LogP contribution in [0.1, 0.15) is 10.4 Å². The molecule has 2 heterocycles. The highest BCUT2D eigenvalue weighted by Gasteiger charge is 2.10. The summed E-state index contributed by atoms with van der Waals surface area (Å²) in [5.41, 5.74) is 2.33. The summed E-state index contributed by atoms with van der Waals surface area (Å²) in [5.74, 6) is -0.206. The van der Waals surface area contributed by atoms with Gasteiger partial charge in [0.25, 0.3) is 5.91 Å². The number of hydrogen-bond acceptors (Lipinski definition) is 3. The molecular weight excluding hydrogens is 392 g/mol. The van der Waals surface area contributed by atoms with Gasteiger partial charge in [-0.1, -0.05) is 27.5 Å². The van der Waals surface area contributed by atoms with Crippen LogP contribution in [-0.4, -0.2) is 27.2 Å². The van der Waals surface area contributed by atoms with E-state index in [0.29, 0.717) is 23.7 Å². The molecule has 24 heavy (non-hydrogen) atoms. The minimum atomic E-state index is -0.206. The quantitative estimate of drug-likeness (QED) is 0.702. The van der Waals surface area contributed by atoms with Gasteiger partial charge in [-0.3, -0.25) is 14.5 Å². The molecule has 7 heteroatoms. The first-order chi connectivity index (χ1) is 11.6. The number of pyridine rings is 1. The Balaban J connectivity index is 1.58. The number of hydrogen-bond donors (Lipinski definition) is 1. The minimum absolute atomic E-state index is 0.206. The van der Waals surface area contributed by atoms with Gasteiger partial charge in [0, 0.05) is 35.2 Å². The lowest BCUT2D eigenvalue weighted by Gasteiger charge is -2.07. The topological polar surface area (TPSA) is 59.8 Å². The van der Waals surface area contributed by atoms with E-state index in [1.807, 2.05) is 24.4 Å². The molecule has 0 fully saturated rings. The zero-order chi connectivity index (χ0) is 16.9. The van der Waals surface area contributed by atoms with Crippen molar-refractivity contribution in [2.24, 2.45) is 0 Å². The molecule has 1 amide bonds. The minimum Gasteiger partial charge on any atom is -0.350 e. The number of amides is 1. The maximum atomic E-state index is 12.2. The Kier molecular flexibility index (Phi) is 5.27. The van der Waals surface area contributed by atoms with E-state index in [2.05, 4.69) is 31.3 Å². The fourth-order valence-corrected chi connectivity index (χ4v) is 2.78. The standard InChI is InChI=1S/C17H14BrClN4O/c18-13-1-2-15(19)14(11-13)17(24)21-8-10-23-9-5-16(22-23)12-3-6-20-7-4-12/h1-7,9,11H,8,10H2,(H,21,24). The van der Waals surface area contributed by atoms with Crippen molar-refractivity contribution in [2.45, 2.75) is 6.54 Å². The van der Waals surface area contributed by atoms with Crippen molar-refractivity contribution in [3.8, 4) is 11.3 Å². The van der Waals surface area contributed by atoms with Crippen molar-refractivity contribution in [2.75, 3.05) is 6.54 Å². The van der Waals surface area contributed by atoms with E-state index >= 15 is 0 Å². The van der Waals surface area contributed by atoms with Crippen molar-refractivity contribution in [1.82, 2.24) is 20.1 Å². The Morgan fingerprint density at radius 2 is 2.00 bits per heavy atom. The molecule has 0 aliphatic heterocycles. The lowest BCUT2D eigenvalue weighted by molar-refractivity contribution is 0.0952. The fraction of sp³-hybridized carbons (Fsp3) is 0.118. The van der Waals surface area contributed by atoms with Gasteiger partial charge in [0.2, 0.25) is 0 Å². The van der Waals surface area contributed by atoms with Gasteiger partial charge < -0.3 is 5.32 Å². The van der Waals surface area contributed by atoms with Crippen LogP contribution >= 0.6 is 27.5 Å². The van der Waals surface area contributed by atoms with E-state index < -0.39 is 0 Å². The summed E-state index contributed by atoms with van der Waals surface area (Å²) in [6, 6.07) is 10.9. The summed E-state index contributed by atoms with van der Waals surface area (Å²) in [5, 5.41) is 7.76. The van der Waals surface area contributed by atoms with Crippen LogP contribution in [0.2, 0.25) is 5.02 Å². The van der Waals surface area contributed by atoms with Crippen molar-refractivity contribution < 1.29 is 4.79 Å². The maximum Gasteiger partial charge on any atom is 0.252 e. The summed E-state index contributed by atoms with van der Waals surface area (Å²) in [6.45, 7) is 1.03. The summed E-state index contributed by atoms with van der Waals surface area (Å²) in [7, 11) is 0. The maximum absolute atomic E-state index is 12.2. The van der Waals surface area contributed by atoms with Gasteiger partial charge in [-0.05, 0) is 36.4 Å². The predicted molar refractivity (Wildman–Crippen MR) is 96.9 cm³/mol. The number of halogens is 2. The zero-order valence-corrected chi connectivity index (χ0v) is 15.0. The van der Waals surface area contributed by atoms with E-state index in [1.54, 1.807) is 35.3 Å². The second kappa shape index (κ2) is 7.59. The Labute approximate surface area is 152 Å². The molecule has 0 aliphatic carbocycles. The molecule has 0 saturated heterocycles. The third-order valence-corrected chi connectivity index (χ3v) is 4.24. The highest BCUT2D eigenvalue weighted by atomic mass is 79.9. The zero-order valence-electron chi connectivity index (χ0n) is 12.6. The molecule has 3 rings (SSSR count). The van der Waals surface area contributed by atoms with Crippen molar-refractivity contribution in [3.05, 3.63) is 70.0 Å². The van der Waals surface area contributed by atoms with E-state index in [4.69, 9.17) is 11.6 Å². The monoisotopic (exact) mass is 404 g/mol. The number of rotatable bonds is 5. The third kappa shape index (κ3) is 4.01. The number of aromatic nitrogens is 3. The van der Waals surface area contributed by atoms with Crippen LogP contribution < -0.4 is 5.32 Å². The first-order valence-electron chi connectivity index (χ1n) is 7.30. The molecule has 0 atom stereocenters. The molecule has 1 N–H and O–H groups in total. The number of benzene rings is 1. The molecule has 1 aromatic carbocycles.